The molecule has 0 radical (unpaired) electrons. The summed E-state index contributed by atoms with van der Waals surface area (Å²) in [6, 6.07) is 14.6. The van der Waals surface area contributed by atoms with Crippen LogP contribution in [0.15, 0.2) is 48.5 Å². The van der Waals surface area contributed by atoms with Gasteiger partial charge in [0.1, 0.15) is 11.6 Å². The second-order valence-electron chi connectivity index (χ2n) is 5.52. The van der Waals surface area contributed by atoms with Crippen molar-refractivity contribution in [1.29, 1.82) is 0 Å². The molecule has 1 atom stereocenters. The zero-order valence-electron chi connectivity index (χ0n) is 13.1. The number of hydrogen-bond acceptors (Lipinski definition) is 3. The topological polar surface area (TPSA) is 38.5 Å². The van der Waals surface area contributed by atoms with Crippen molar-refractivity contribution >= 4 is 5.69 Å². The van der Waals surface area contributed by atoms with Crippen LogP contribution in [-0.2, 0) is 0 Å². The highest BCUT2D eigenvalue weighted by molar-refractivity contribution is 5.48. The average molecular weight is 302 g/mol. The molecule has 0 bridgehead atoms. The van der Waals surface area contributed by atoms with E-state index < -0.39 is 0 Å². The summed E-state index contributed by atoms with van der Waals surface area (Å²) in [5, 5.41) is 0. The van der Waals surface area contributed by atoms with E-state index in [1.54, 1.807) is 12.1 Å². The van der Waals surface area contributed by atoms with Crippen LogP contribution in [0.1, 0.15) is 17.9 Å². The minimum absolute atomic E-state index is 0.230. The van der Waals surface area contributed by atoms with Crippen molar-refractivity contribution in [1.82, 2.24) is 0 Å². The first-order valence-electron chi connectivity index (χ1n) is 7.46. The van der Waals surface area contributed by atoms with E-state index in [2.05, 4.69) is 23.1 Å². The van der Waals surface area contributed by atoms with Gasteiger partial charge in [-0.05, 0) is 48.7 Å². The third-order valence-electron chi connectivity index (χ3n) is 3.67. The van der Waals surface area contributed by atoms with Gasteiger partial charge >= 0.3 is 0 Å². The fraction of sp³-hybridized carbons (Fsp3) is 0.333. The minimum Gasteiger partial charge on any atom is -0.493 e. The molecule has 2 aromatic rings. The van der Waals surface area contributed by atoms with Crippen molar-refractivity contribution in [3.63, 3.8) is 0 Å². The highest BCUT2D eigenvalue weighted by atomic mass is 19.1. The van der Waals surface area contributed by atoms with Gasteiger partial charge in [-0.15, -0.1) is 0 Å². The lowest BCUT2D eigenvalue weighted by Crippen LogP contribution is -2.16. The highest BCUT2D eigenvalue weighted by Crippen LogP contribution is 2.23. The molecule has 0 aromatic heterocycles. The summed E-state index contributed by atoms with van der Waals surface area (Å²) in [6.07, 6.45) is 0.796. The van der Waals surface area contributed by atoms with E-state index in [1.165, 1.54) is 17.7 Å². The smallest absolute Gasteiger partial charge is 0.126 e. The first-order valence-corrected chi connectivity index (χ1v) is 7.46. The quantitative estimate of drug-likeness (QED) is 0.852. The van der Waals surface area contributed by atoms with E-state index >= 15 is 0 Å². The number of rotatable bonds is 7. The number of nitrogens with two attached hydrogens (primary N) is 1. The molecule has 0 saturated carbocycles. The predicted octanol–water partition coefficient (Wildman–Crippen LogP) is 3.40. The zero-order chi connectivity index (χ0) is 15.9. The molecule has 0 aliphatic heterocycles. The first-order chi connectivity index (χ1) is 10.6. The van der Waals surface area contributed by atoms with Gasteiger partial charge in [0.05, 0.1) is 6.61 Å². The minimum atomic E-state index is -0.286. The maximum atomic E-state index is 13.1. The Labute approximate surface area is 131 Å². The summed E-state index contributed by atoms with van der Waals surface area (Å²) >= 11 is 0. The summed E-state index contributed by atoms with van der Waals surface area (Å²) in [6.45, 7) is 1.07. The van der Waals surface area contributed by atoms with Crippen molar-refractivity contribution in [2.24, 2.45) is 5.73 Å². The Kier molecular flexibility index (Phi) is 5.78. The SMILES string of the molecule is CN(C)c1cccc(C(CN)CCOc2cccc(F)c2)c1. The molecule has 1 unspecified atom stereocenters. The number of halogens is 1. The molecule has 0 heterocycles. The summed E-state index contributed by atoms with van der Waals surface area (Å²) < 4.78 is 18.7. The molecule has 0 saturated heterocycles. The molecule has 3 nitrogen and oxygen atoms in total. The third kappa shape index (κ3) is 4.46. The standard InChI is InChI=1S/C18H23FN2O/c1-21(2)17-7-3-5-14(11-17)15(13-20)9-10-22-18-8-4-6-16(19)12-18/h3-8,11-12,15H,9-10,13,20H2,1-2H3. The van der Waals surface area contributed by atoms with Crippen LogP contribution in [0.25, 0.3) is 0 Å². The van der Waals surface area contributed by atoms with E-state index in [1.807, 2.05) is 20.2 Å². The Hall–Kier alpha value is -2.07. The van der Waals surface area contributed by atoms with Gasteiger partial charge in [-0.25, -0.2) is 4.39 Å². The van der Waals surface area contributed by atoms with Crippen LogP contribution in [0, 0.1) is 5.82 Å². The summed E-state index contributed by atoms with van der Waals surface area (Å²) in [5.41, 5.74) is 8.27. The van der Waals surface area contributed by atoms with Gasteiger partial charge in [-0.2, -0.15) is 0 Å². The predicted molar refractivity (Wildman–Crippen MR) is 89.1 cm³/mol. The van der Waals surface area contributed by atoms with Crippen LogP contribution < -0.4 is 15.4 Å². The molecule has 0 aliphatic rings. The summed E-state index contributed by atoms with van der Waals surface area (Å²) in [4.78, 5) is 2.07. The van der Waals surface area contributed by atoms with Crippen LogP contribution in [0.5, 0.6) is 5.75 Å². The van der Waals surface area contributed by atoms with Crippen molar-refractivity contribution in [2.75, 3.05) is 32.1 Å². The van der Waals surface area contributed by atoms with Gasteiger partial charge in [0, 0.05) is 25.8 Å². The molecule has 2 N–H and O–H groups in total. The largest absolute Gasteiger partial charge is 0.493 e. The molecule has 0 amide bonds. The maximum Gasteiger partial charge on any atom is 0.126 e. The second kappa shape index (κ2) is 7.80. The van der Waals surface area contributed by atoms with Crippen LogP contribution in [0.2, 0.25) is 0 Å². The van der Waals surface area contributed by atoms with Gasteiger partial charge in [0.25, 0.3) is 0 Å². The monoisotopic (exact) mass is 302 g/mol. The van der Waals surface area contributed by atoms with Gasteiger partial charge in [-0.1, -0.05) is 18.2 Å². The van der Waals surface area contributed by atoms with Crippen molar-refractivity contribution in [3.05, 3.63) is 59.9 Å². The van der Waals surface area contributed by atoms with Crippen molar-refractivity contribution in [3.8, 4) is 5.75 Å². The fourth-order valence-electron chi connectivity index (χ4n) is 2.35. The Morgan fingerprint density at radius 1 is 1.14 bits per heavy atom. The Balaban J connectivity index is 1.96. The van der Waals surface area contributed by atoms with Crippen LogP contribution in [0.3, 0.4) is 0 Å². The highest BCUT2D eigenvalue weighted by Gasteiger charge is 2.11. The number of hydrogen-bond donors (Lipinski definition) is 1. The molecule has 118 valence electrons. The number of ether oxygens (including phenoxy) is 1. The van der Waals surface area contributed by atoms with Crippen molar-refractivity contribution in [2.45, 2.75) is 12.3 Å². The molecule has 0 aliphatic carbocycles. The van der Waals surface area contributed by atoms with Crippen LogP contribution in [-0.4, -0.2) is 27.2 Å². The first kappa shape index (κ1) is 16.3. The van der Waals surface area contributed by atoms with Crippen LogP contribution in [0.4, 0.5) is 10.1 Å². The van der Waals surface area contributed by atoms with E-state index in [0.717, 1.165) is 12.1 Å². The average Bonchev–Trinajstić information content (AvgIpc) is 2.52. The van der Waals surface area contributed by atoms with Gasteiger partial charge in [-0.3, -0.25) is 0 Å². The van der Waals surface area contributed by atoms with E-state index in [-0.39, 0.29) is 11.7 Å². The summed E-state index contributed by atoms with van der Waals surface area (Å²) in [7, 11) is 4.03. The van der Waals surface area contributed by atoms with E-state index in [9.17, 15) is 4.39 Å². The Bertz CT molecular complexity index is 601. The number of nitrogens with zero attached hydrogens (tertiary/aromatic N) is 1. The van der Waals surface area contributed by atoms with Gasteiger partial charge in [0.15, 0.2) is 0 Å². The third-order valence-corrected chi connectivity index (χ3v) is 3.67. The number of anilines is 1. The molecule has 2 aromatic carbocycles. The fourth-order valence-corrected chi connectivity index (χ4v) is 2.35. The maximum absolute atomic E-state index is 13.1. The lowest BCUT2D eigenvalue weighted by atomic mass is 9.95. The molecule has 4 heteroatoms. The molecular weight excluding hydrogens is 279 g/mol. The lowest BCUT2D eigenvalue weighted by Gasteiger charge is -2.19. The molecule has 22 heavy (non-hydrogen) atoms. The molecule has 0 spiro atoms. The van der Waals surface area contributed by atoms with Gasteiger partial charge < -0.3 is 15.4 Å². The zero-order valence-corrected chi connectivity index (χ0v) is 13.1. The van der Waals surface area contributed by atoms with E-state index in [4.69, 9.17) is 10.5 Å². The Morgan fingerprint density at radius 2 is 1.91 bits per heavy atom. The Morgan fingerprint density at radius 3 is 2.59 bits per heavy atom. The lowest BCUT2D eigenvalue weighted by molar-refractivity contribution is 0.297. The molecular formula is C18H23FN2O. The van der Waals surface area contributed by atoms with E-state index in [0.29, 0.717) is 18.9 Å². The van der Waals surface area contributed by atoms with Crippen molar-refractivity contribution < 1.29 is 9.13 Å². The van der Waals surface area contributed by atoms with Gasteiger partial charge in [0.2, 0.25) is 0 Å². The number of benzene rings is 2. The summed E-state index contributed by atoms with van der Waals surface area (Å²) in [5.74, 6) is 0.498. The normalized spacial score (nSPS) is 12.0. The molecule has 2 rings (SSSR count). The molecule has 0 fully saturated rings. The second-order valence-corrected chi connectivity index (χ2v) is 5.52. The van der Waals surface area contributed by atoms with Crippen LogP contribution >= 0.6 is 0 Å².